The van der Waals surface area contributed by atoms with Gasteiger partial charge < -0.3 is 10.2 Å². The van der Waals surface area contributed by atoms with E-state index in [2.05, 4.69) is 10.4 Å². The van der Waals surface area contributed by atoms with Crippen molar-refractivity contribution in [3.05, 3.63) is 46.8 Å². The molecule has 1 fully saturated rings. The van der Waals surface area contributed by atoms with Crippen molar-refractivity contribution in [3.63, 3.8) is 0 Å². The third kappa shape index (κ3) is 3.74. The normalized spacial score (nSPS) is 14.5. The third-order valence-electron chi connectivity index (χ3n) is 4.10. The zero-order valence-electron chi connectivity index (χ0n) is 14.1. The molecule has 7 heteroatoms. The predicted molar refractivity (Wildman–Crippen MR) is 98.6 cm³/mol. The van der Waals surface area contributed by atoms with Crippen molar-refractivity contribution in [3.8, 4) is 0 Å². The second kappa shape index (κ2) is 7.11. The van der Waals surface area contributed by atoms with Crippen LogP contribution in [-0.4, -0.2) is 28.1 Å². The molecular formula is C18H19ClN4O2. The van der Waals surface area contributed by atoms with Crippen LogP contribution >= 0.6 is 11.6 Å². The van der Waals surface area contributed by atoms with Crippen LogP contribution in [0, 0.1) is 6.92 Å². The molecule has 130 valence electrons. The van der Waals surface area contributed by atoms with E-state index in [-0.39, 0.29) is 11.8 Å². The molecule has 0 spiro atoms. The van der Waals surface area contributed by atoms with E-state index in [1.807, 2.05) is 19.1 Å². The number of hydrogen-bond acceptors (Lipinski definition) is 3. The van der Waals surface area contributed by atoms with Crippen LogP contribution in [0.2, 0.25) is 5.15 Å². The monoisotopic (exact) mass is 358 g/mol. The summed E-state index contributed by atoms with van der Waals surface area (Å²) in [6, 6.07) is 7.28. The molecule has 1 aromatic carbocycles. The number of nitrogens with one attached hydrogen (secondary N) is 1. The van der Waals surface area contributed by atoms with Crippen molar-refractivity contribution in [2.75, 3.05) is 16.8 Å². The first-order valence-corrected chi connectivity index (χ1v) is 8.42. The van der Waals surface area contributed by atoms with Crippen LogP contribution in [0.5, 0.6) is 0 Å². The highest BCUT2D eigenvalue weighted by atomic mass is 35.5. The molecule has 0 saturated carbocycles. The summed E-state index contributed by atoms with van der Waals surface area (Å²) >= 11 is 6.14. The summed E-state index contributed by atoms with van der Waals surface area (Å²) in [6.45, 7) is 2.55. The molecule has 1 saturated heterocycles. The average molecular weight is 359 g/mol. The van der Waals surface area contributed by atoms with E-state index in [4.69, 9.17) is 11.6 Å². The minimum absolute atomic E-state index is 0.116. The SMILES string of the molecule is Cc1nn(C)c(Cl)c1/C=C/C(=O)Nc1cccc(N2CCCC2=O)c1. The predicted octanol–water partition coefficient (Wildman–Crippen LogP) is 3.16. The van der Waals surface area contributed by atoms with Crippen LogP contribution in [0.25, 0.3) is 6.08 Å². The van der Waals surface area contributed by atoms with Crippen LogP contribution < -0.4 is 10.2 Å². The quantitative estimate of drug-likeness (QED) is 0.854. The maximum absolute atomic E-state index is 12.2. The van der Waals surface area contributed by atoms with E-state index >= 15 is 0 Å². The lowest BCUT2D eigenvalue weighted by Crippen LogP contribution is -2.23. The van der Waals surface area contributed by atoms with E-state index < -0.39 is 0 Å². The van der Waals surface area contributed by atoms with Crippen LogP contribution in [0.15, 0.2) is 30.3 Å². The molecule has 0 radical (unpaired) electrons. The van der Waals surface area contributed by atoms with Crippen LogP contribution in [0.1, 0.15) is 24.1 Å². The molecule has 2 amide bonds. The van der Waals surface area contributed by atoms with Gasteiger partial charge in [0.1, 0.15) is 5.15 Å². The van der Waals surface area contributed by atoms with Gasteiger partial charge in [0.15, 0.2) is 0 Å². The molecule has 3 rings (SSSR count). The van der Waals surface area contributed by atoms with Crippen molar-refractivity contribution >= 4 is 40.9 Å². The van der Waals surface area contributed by atoms with Gasteiger partial charge >= 0.3 is 0 Å². The van der Waals surface area contributed by atoms with Crippen molar-refractivity contribution in [1.29, 1.82) is 0 Å². The Balaban J connectivity index is 1.71. The van der Waals surface area contributed by atoms with Crippen molar-refractivity contribution in [2.45, 2.75) is 19.8 Å². The Morgan fingerprint density at radius 2 is 2.20 bits per heavy atom. The Hall–Kier alpha value is -2.60. The van der Waals surface area contributed by atoms with Gasteiger partial charge in [0.2, 0.25) is 11.8 Å². The van der Waals surface area contributed by atoms with E-state index in [1.165, 1.54) is 6.08 Å². The van der Waals surface area contributed by atoms with Gasteiger partial charge in [-0.15, -0.1) is 0 Å². The van der Waals surface area contributed by atoms with Gasteiger partial charge in [-0.3, -0.25) is 14.3 Å². The fourth-order valence-electron chi connectivity index (χ4n) is 2.85. The first-order valence-electron chi connectivity index (χ1n) is 8.04. The van der Waals surface area contributed by atoms with Gasteiger partial charge in [-0.25, -0.2) is 0 Å². The molecule has 1 aliphatic rings. The van der Waals surface area contributed by atoms with Gasteiger partial charge in [0.05, 0.1) is 5.69 Å². The highest BCUT2D eigenvalue weighted by Crippen LogP contribution is 2.24. The number of hydrogen-bond donors (Lipinski definition) is 1. The Labute approximate surface area is 151 Å². The van der Waals surface area contributed by atoms with Gasteiger partial charge in [-0.05, 0) is 37.6 Å². The number of aromatic nitrogens is 2. The molecule has 0 atom stereocenters. The summed E-state index contributed by atoms with van der Waals surface area (Å²) in [5, 5.41) is 7.48. The zero-order chi connectivity index (χ0) is 18.0. The Morgan fingerprint density at radius 3 is 2.84 bits per heavy atom. The number of rotatable bonds is 4. The molecule has 2 heterocycles. The number of halogens is 1. The number of anilines is 2. The van der Waals surface area contributed by atoms with E-state index in [1.54, 1.807) is 34.8 Å². The standard InChI is InChI=1S/C18H19ClN4O2/c1-12-15(18(19)22(2)21-12)8-9-16(24)20-13-5-3-6-14(11-13)23-10-4-7-17(23)25/h3,5-6,8-9,11H,4,7,10H2,1-2H3,(H,20,24)/b9-8+. The Morgan fingerprint density at radius 1 is 1.40 bits per heavy atom. The number of carbonyl (C=O) groups excluding carboxylic acids is 2. The lowest BCUT2D eigenvalue weighted by atomic mass is 10.2. The van der Waals surface area contributed by atoms with Crippen LogP contribution in [-0.2, 0) is 16.6 Å². The maximum Gasteiger partial charge on any atom is 0.248 e. The summed E-state index contributed by atoms with van der Waals surface area (Å²) in [5.41, 5.74) is 2.91. The van der Waals surface area contributed by atoms with Gasteiger partial charge in [0.25, 0.3) is 0 Å². The van der Waals surface area contributed by atoms with Crippen molar-refractivity contribution in [2.24, 2.45) is 7.05 Å². The molecule has 25 heavy (non-hydrogen) atoms. The Bertz CT molecular complexity index is 857. The number of benzene rings is 1. The van der Waals surface area contributed by atoms with Crippen LogP contribution in [0.3, 0.4) is 0 Å². The van der Waals surface area contributed by atoms with Crippen molar-refractivity contribution < 1.29 is 9.59 Å². The fourth-order valence-corrected chi connectivity index (χ4v) is 3.09. The molecule has 1 aliphatic heterocycles. The zero-order valence-corrected chi connectivity index (χ0v) is 14.9. The summed E-state index contributed by atoms with van der Waals surface area (Å²) in [4.78, 5) is 25.7. The molecule has 0 unspecified atom stereocenters. The fraction of sp³-hybridized carbons (Fsp3) is 0.278. The van der Waals surface area contributed by atoms with E-state index in [0.717, 1.165) is 29.9 Å². The Kier molecular flexibility index (Phi) is 4.90. The highest BCUT2D eigenvalue weighted by Gasteiger charge is 2.21. The summed E-state index contributed by atoms with van der Waals surface area (Å²) in [6.07, 6.45) is 4.51. The summed E-state index contributed by atoms with van der Waals surface area (Å²) < 4.78 is 1.56. The number of aryl methyl sites for hydroxylation is 2. The number of nitrogens with zero attached hydrogens (tertiary/aromatic N) is 3. The maximum atomic E-state index is 12.2. The first kappa shape index (κ1) is 17.2. The molecule has 2 aromatic rings. The van der Waals surface area contributed by atoms with E-state index in [9.17, 15) is 9.59 Å². The van der Waals surface area contributed by atoms with Crippen molar-refractivity contribution in [1.82, 2.24) is 9.78 Å². The molecular weight excluding hydrogens is 340 g/mol. The number of amides is 2. The second-order valence-corrected chi connectivity index (χ2v) is 6.29. The largest absolute Gasteiger partial charge is 0.322 e. The van der Waals surface area contributed by atoms with Gasteiger partial charge in [-0.1, -0.05) is 17.7 Å². The molecule has 0 aliphatic carbocycles. The number of carbonyl (C=O) groups is 2. The minimum Gasteiger partial charge on any atom is -0.322 e. The van der Waals surface area contributed by atoms with Gasteiger partial charge in [0, 0.05) is 43.0 Å². The first-order chi connectivity index (χ1) is 12.0. The summed E-state index contributed by atoms with van der Waals surface area (Å²) in [5.74, 6) is -0.158. The van der Waals surface area contributed by atoms with E-state index in [0.29, 0.717) is 17.3 Å². The second-order valence-electron chi connectivity index (χ2n) is 5.94. The lowest BCUT2D eigenvalue weighted by Gasteiger charge is -2.16. The lowest BCUT2D eigenvalue weighted by molar-refractivity contribution is -0.117. The molecule has 1 aromatic heterocycles. The van der Waals surface area contributed by atoms with Crippen LogP contribution in [0.4, 0.5) is 11.4 Å². The minimum atomic E-state index is -0.274. The third-order valence-corrected chi connectivity index (χ3v) is 4.54. The topological polar surface area (TPSA) is 67.2 Å². The highest BCUT2D eigenvalue weighted by molar-refractivity contribution is 6.31. The smallest absolute Gasteiger partial charge is 0.248 e. The average Bonchev–Trinajstić information content (AvgIpc) is 3.10. The molecule has 6 nitrogen and oxygen atoms in total. The molecule has 1 N–H and O–H groups in total. The van der Waals surface area contributed by atoms with Gasteiger partial charge in [-0.2, -0.15) is 5.10 Å². The molecule has 0 bridgehead atoms. The summed E-state index contributed by atoms with van der Waals surface area (Å²) in [7, 11) is 1.75.